The summed E-state index contributed by atoms with van der Waals surface area (Å²) in [4.78, 5) is 18.9. The van der Waals surface area contributed by atoms with Gasteiger partial charge in [0.25, 0.3) is 0 Å². The van der Waals surface area contributed by atoms with Gasteiger partial charge in [-0.1, -0.05) is 17.3 Å². The fraction of sp³-hybridized carbons (Fsp3) is 0.400. The monoisotopic (exact) mass is 347 g/mol. The van der Waals surface area contributed by atoms with Gasteiger partial charge in [-0.2, -0.15) is 0 Å². The smallest absolute Gasteiger partial charge is 0.227 e. The van der Waals surface area contributed by atoms with Crippen molar-refractivity contribution in [1.29, 1.82) is 0 Å². The molecule has 3 aromatic heterocycles. The predicted octanol–water partition coefficient (Wildman–Crippen LogP) is 2.91. The summed E-state index contributed by atoms with van der Waals surface area (Å²) in [7, 11) is 0. The van der Waals surface area contributed by atoms with E-state index in [1.807, 2.05) is 21.5 Å². The van der Waals surface area contributed by atoms with Gasteiger partial charge in [0, 0.05) is 25.1 Å². The van der Waals surface area contributed by atoms with Crippen LogP contribution in [0.5, 0.6) is 0 Å². The molecule has 0 radical (unpaired) electrons. The van der Waals surface area contributed by atoms with Gasteiger partial charge in [0.05, 0.1) is 18.0 Å². The molecule has 3 aromatic rings. The highest BCUT2D eigenvalue weighted by Crippen LogP contribution is 2.40. The van der Waals surface area contributed by atoms with Gasteiger partial charge in [-0.05, 0) is 54.9 Å². The summed E-state index contributed by atoms with van der Waals surface area (Å²) in [5.74, 6) is 0.826. The number of carbonyl (C=O) groups is 1. The highest BCUT2D eigenvalue weighted by molar-refractivity contribution is 5.79. The Hall–Kier alpha value is -2.76. The molecule has 1 amide bonds. The van der Waals surface area contributed by atoms with Crippen LogP contribution in [0.2, 0.25) is 0 Å². The van der Waals surface area contributed by atoms with Crippen LogP contribution >= 0.6 is 0 Å². The van der Waals surface area contributed by atoms with E-state index in [1.54, 1.807) is 12.4 Å². The van der Waals surface area contributed by atoms with E-state index in [9.17, 15) is 4.79 Å². The van der Waals surface area contributed by atoms with Crippen molar-refractivity contribution in [3.8, 4) is 0 Å². The highest BCUT2D eigenvalue weighted by atomic mass is 16.2. The third-order valence-electron chi connectivity index (χ3n) is 5.48. The first-order chi connectivity index (χ1) is 12.8. The van der Waals surface area contributed by atoms with Crippen LogP contribution in [0.15, 0.2) is 42.9 Å². The Balaban J connectivity index is 1.41. The van der Waals surface area contributed by atoms with Crippen molar-refractivity contribution in [2.75, 3.05) is 6.54 Å². The number of nitrogens with zero attached hydrogens (tertiary/aromatic N) is 5. The SMILES string of the molecule is O=C(Cc1cccnc1)N1CCCC1c1nnn2cc(C3CC3)ccc12. The second-order valence-electron chi connectivity index (χ2n) is 7.32. The normalized spacial score (nSPS) is 20.0. The second-order valence-corrected chi connectivity index (χ2v) is 7.32. The maximum atomic E-state index is 12.9. The molecule has 26 heavy (non-hydrogen) atoms. The summed E-state index contributed by atoms with van der Waals surface area (Å²) in [6.45, 7) is 0.781. The Bertz CT molecular complexity index is 947. The van der Waals surface area contributed by atoms with E-state index in [0.29, 0.717) is 12.3 Å². The van der Waals surface area contributed by atoms with Crippen LogP contribution in [0.4, 0.5) is 0 Å². The van der Waals surface area contributed by atoms with Gasteiger partial charge in [0.15, 0.2) is 0 Å². The van der Waals surface area contributed by atoms with E-state index in [4.69, 9.17) is 0 Å². The molecule has 1 atom stereocenters. The Morgan fingerprint density at radius 1 is 1.19 bits per heavy atom. The molecule has 1 saturated heterocycles. The van der Waals surface area contributed by atoms with Crippen LogP contribution in [0.3, 0.4) is 0 Å². The quantitative estimate of drug-likeness (QED) is 0.728. The topological polar surface area (TPSA) is 63.4 Å². The zero-order valence-electron chi connectivity index (χ0n) is 14.6. The molecule has 6 heteroatoms. The molecule has 1 unspecified atom stereocenters. The fourth-order valence-electron chi connectivity index (χ4n) is 3.95. The van der Waals surface area contributed by atoms with E-state index < -0.39 is 0 Å². The molecule has 2 aliphatic rings. The van der Waals surface area contributed by atoms with Crippen LogP contribution in [0.25, 0.3) is 5.52 Å². The minimum absolute atomic E-state index is 0.0171. The lowest BCUT2D eigenvalue weighted by molar-refractivity contribution is -0.131. The number of pyridine rings is 2. The van der Waals surface area contributed by atoms with E-state index in [2.05, 4.69) is 33.6 Å². The molecule has 0 N–H and O–H groups in total. The number of hydrogen-bond donors (Lipinski definition) is 0. The van der Waals surface area contributed by atoms with Crippen molar-refractivity contribution in [3.63, 3.8) is 0 Å². The number of rotatable bonds is 4. The number of hydrogen-bond acceptors (Lipinski definition) is 4. The van der Waals surface area contributed by atoms with Crippen molar-refractivity contribution in [2.24, 2.45) is 0 Å². The Kier molecular flexibility index (Phi) is 3.69. The van der Waals surface area contributed by atoms with Crippen LogP contribution in [-0.2, 0) is 11.2 Å². The Labute approximate surface area is 151 Å². The summed E-state index contributed by atoms with van der Waals surface area (Å²) >= 11 is 0. The van der Waals surface area contributed by atoms with Gasteiger partial charge in [-0.15, -0.1) is 5.10 Å². The van der Waals surface area contributed by atoms with E-state index in [1.165, 1.54) is 18.4 Å². The lowest BCUT2D eigenvalue weighted by atomic mass is 10.1. The molecule has 0 spiro atoms. The van der Waals surface area contributed by atoms with Crippen molar-refractivity contribution >= 4 is 11.4 Å². The van der Waals surface area contributed by atoms with Crippen LogP contribution < -0.4 is 0 Å². The van der Waals surface area contributed by atoms with Crippen molar-refractivity contribution in [2.45, 2.75) is 44.1 Å². The minimum Gasteiger partial charge on any atom is -0.334 e. The number of aromatic nitrogens is 4. The summed E-state index contributed by atoms with van der Waals surface area (Å²) in [5.41, 5.74) is 4.22. The number of likely N-dealkylation sites (tertiary alicyclic amines) is 1. The summed E-state index contributed by atoms with van der Waals surface area (Å²) in [6.07, 6.45) is 10.5. The average Bonchev–Trinajstić information content (AvgIpc) is 3.25. The molecule has 0 bridgehead atoms. The van der Waals surface area contributed by atoms with Crippen LogP contribution in [0, 0.1) is 0 Å². The highest BCUT2D eigenvalue weighted by Gasteiger charge is 2.33. The first kappa shape index (κ1) is 15.5. The average molecular weight is 347 g/mol. The van der Waals surface area contributed by atoms with Gasteiger partial charge < -0.3 is 4.90 Å². The molecular weight excluding hydrogens is 326 g/mol. The zero-order valence-corrected chi connectivity index (χ0v) is 14.6. The van der Waals surface area contributed by atoms with Gasteiger partial charge in [0.1, 0.15) is 5.69 Å². The van der Waals surface area contributed by atoms with Crippen LogP contribution in [0.1, 0.15) is 54.5 Å². The number of carbonyl (C=O) groups excluding carboxylic acids is 1. The first-order valence-electron chi connectivity index (χ1n) is 9.33. The number of fused-ring (bicyclic) bond motifs is 1. The summed E-state index contributed by atoms with van der Waals surface area (Å²) < 4.78 is 1.88. The Morgan fingerprint density at radius 2 is 2.12 bits per heavy atom. The second kappa shape index (κ2) is 6.20. The molecule has 1 aliphatic heterocycles. The Morgan fingerprint density at radius 3 is 2.92 bits per heavy atom. The fourth-order valence-corrected chi connectivity index (χ4v) is 3.95. The zero-order chi connectivity index (χ0) is 17.5. The molecule has 6 nitrogen and oxygen atoms in total. The van der Waals surface area contributed by atoms with E-state index in [-0.39, 0.29) is 11.9 Å². The van der Waals surface area contributed by atoms with Gasteiger partial charge in [0.2, 0.25) is 5.91 Å². The number of amides is 1. The molecule has 2 fully saturated rings. The maximum Gasteiger partial charge on any atom is 0.227 e. The maximum absolute atomic E-state index is 12.9. The van der Waals surface area contributed by atoms with Gasteiger partial charge >= 0.3 is 0 Å². The van der Waals surface area contributed by atoms with E-state index >= 15 is 0 Å². The molecule has 132 valence electrons. The molecule has 0 aromatic carbocycles. The molecule has 1 saturated carbocycles. The molecule has 5 rings (SSSR count). The van der Waals surface area contributed by atoms with Crippen molar-refractivity contribution in [1.82, 2.24) is 24.7 Å². The standard InChI is InChI=1S/C20H21N5O/c26-19(11-14-3-1-9-21-12-14)24-10-2-4-17(24)20-18-8-7-16(15-5-6-15)13-25(18)23-22-20/h1,3,7-9,12-13,15,17H,2,4-6,10-11H2. The minimum atomic E-state index is 0.0171. The van der Waals surface area contributed by atoms with Crippen LogP contribution in [-0.4, -0.2) is 37.2 Å². The van der Waals surface area contributed by atoms with E-state index in [0.717, 1.165) is 36.2 Å². The largest absolute Gasteiger partial charge is 0.334 e. The molecular formula is C20H21N5O. The molecule has 4 heterocycles. The van der Waals surface area contributed by atoms with Crippen molar-refractivity contribution in [3.05, 3.63) is 59.7 Å². The van der Waals surface area contributed by atoms with Gasteiger partial charge in [-0.3, -0.25) is 9.78 Å². The van der Waals surface area contributed by atoms with Gasteiger partial charge in [-0.25, -0.2) is 4.52 Å². The lowest BCUT2D eigenvalue weighted by Crippen LogP contribution is -2.32. The molecule has 1 aliphatic carbocycles. The third kappa shape index (κ3) is 2.75. The van der Waals surface area contributed by atoms with Crippen molar-refractivity contribution < 1.29 is 4.79 Å². The first-order valence-corrected chi connectivity index (χ1v) is 9.33. The summed E-state index contributed by atoms with van der Waals surface area (Å²) in [5, 5.41) is 8.78. The third-order valence-corrected chi connectivity index (χ3v) is 5.48. The lowest BCUT2D eigenvalue weighted by Gasteiger charge is -2.23. The predicted molar refractivity (Wildman–Crippen MR) is 96.6 cm³/mol. The summed E-state index contributed by atoms with van der Waals surface area (Å²) in [6, 6.07) is 8.14.